The van der Waals surface area contributed by atoms with E-state index in [2.05, 4.69) is 9.97 Å². The predicted octanol–water partition coefficient (Wildman–Crippen LogP) is 5.74. The maximum Gasteiger partial charge on any atom is 0.394 e. The number of benzene rings is 2. The molecule has 130 valence electrons. The number of halogens is 3. The fourth-order valence-corrected chi connectivity index (χ4v) is 2.88. The van der Waals surface area contributed by atoms with E-state index >= 15 is 0 Å². The number of aryl methyl sites for hydroxylation is 1. The molecule has 2 aromatic carbocycles. The Kier molecular flexibility index (Phi) is 4.27. The maximum atomic E-state index is 13.1. The lowest BCUT2D eigenvalue weighted by Crippen LogP contribution is -2.34. The van der Waals surface area contributed by atoms with Gasteiger partial charge in [-0.2, -0.15) is 13.2 Å². The fraction of sp³-hybridized carbons (Fsp3) is 0.300. The molecule has 0 N–H and O–H groups in total. The van der Waals surface area contributed by atoms with E-state index in [-0.39, 0.29) is 6.42 Å². The minimum absolute atomic E-state index is 0.0872. The van der Waals surface area contributed by atoms with E-state index in [0.29, 0.717) is 11.1 Å². The van der Waals surface area contributed by atoms with Gasteiger partial charge in [-0.05, 0) is 30.5 Å². The van der Waals surface area contributed by atoms with Crippen LogP contribution in [0.5, 0.6) is 0 Å². The molecule has 0 fully saturated rings. The monoisotopic (exact) mass is 344 g/mol. The van der Waals surface area contributed by atoms with Gasteiger partial charge in [-0.25, -0.2) is 9.97 Å². The number of fused-ring (bicyclic) bond motifs is 1. The first-order valence-corrected chi connectivity index (χ1v) is 8.05. The molecular weight excluding hydrogens is 325 g/mol. The highest BCUT2D eigenvalue weighted by molar-refractivity contribution is 5.93. The Morgan fingerprint density at radius 1 is 0.960 bits per heavy atom. The molecule has 0 bridgehead atoms. The van der Waals surface area contributed by atoms with Gasteiger partial charge in [-0.3, -0.25) is 0 Å². The minimum Gasteiger partial charge on any atom is -0.236 e. The third-order valence-corrected chi connectivity index (χ3v) is 4.51. The summed E-state index contributed by atoms with van der Waals surface area (Å²) in [5.41, 5.74) is 2.37. The van der Waals surface area contributed by atoms with Crippen LogP contribution in [-0.2, 0) is 6.42 Å². The Morgan fingerprint density at radius 2 is 1.68 bits per heavy atom. The molecule has 0 radical (unpaired) electrons. The Balaban J connectivity index is 2.05. The molecule has 25 heavy (non-hydrogen) atoms. The van der Waals surface area contributed by atoms with Crippen LogP contribution in [0.2, 0.25) is 0 Å². The zero-order chi connectivity index (χ0) is 18.2. The smallest absolute Gasteiger partial charge is 0.236 e. The molecule has 0 aliphatic heterocycles. The molecule has 0 aliphatic rings. The third kappa shape index (κ3) is 3.36. The second kappa shape index (κ2) is 6.14. The van der Waals surface area contributed by atoms with Crippen molar-refractivity contribution < 1.29 is 13.2 Å². The number of aromatic nitrogens is 2. The van der Waals surface area contributed by atoms with E-state index in [1.807, 2.05) is 37.3 Å². The van der Waals surface area contributed by atoms with Crippen molar-refractivity contribution in [1.82, 2.24) is 9.97 Å². The lowest BCUT2D eigenvalue weighted by atomic mass is 9.85. The van der Waals surface area contributed by atoms with E-state index < -0.39 is 11.6 Å². The number of rotatable bonds is 3. The largest absolute Gasteiger partial charge is 0.394 e. The summed E-state index contributed by atoms with van der Waals surface area (Å²) in [6.07, 6.45) is -2.88. The first kappa shape index (κ1) is 17.4. The second-order valence-electron chi connectivity index (χ2n) is 6.95. The normalized spacial score (nSPS) is 12.6. The molecule has 0 atom stereocenters. The first-order chi connectivity index (χ1) is 11.7. The van der Waals surface area contributed by atoms with Crippen LogP contribution in [0, 0.1) is 12.3 Å². The van der Waals surface area contributed by atoms with Crippen molar-refractivity contribution in [2.75, 3.05) is 0 Å². The number of hydrogen-bond donors (Lipinski definition) is 0. The molecule has 2 nitrogen and oxygen atoms in total. The van der Waals surface area contributed by atoms with E-state index in [0.717, 1.165) is 22.2 Å². The summed E-state index contributed by atoms with van der Waals surface area (Å²) in [7, 11) is 0. The second-order valence-corrected chi connectivity index (χ2v) is 6.95. The quantitative estimate of drug-likeness (QED) is 0.606. The van der Waals surface area contributed by atoms with Gasteiger partial charge in [0.1, 0.15) is 6.33 Å². The molecule has 3 rings (SSSR count). The van der Waals surface area contributed by atoms with Crippen LogP contribution in [0.1, 0.15) is 25.0 Å². The summed E-state index contributed by atoms with van der Waals surface area (Å²) in [6, 6.07) is 13.2. The average molecular weight is 344 g/mol. The topological polar surface area (TPSA) is 25.8 Å². The van der Waals surface area contributed by atoms with Crippen molar-refractivity contribution in [2.24, 2.45) is 5.41 Å². The number of nitrogens with zero attached hydrogens (tertiary/aromatic N) is 2. The molecule has 0 unspecified atom stereocenters. The maximum absolute atomic E-state index is 13.1. The van der Waals surface area contributed by atoms with Crippen molar-refractivity contribution in [2.45, 2.75) is 33.4 Å². The molecule has 3 aromatic rings. The van der Waals surface area contributed by atoms with Crippen LogP contribution in [0.3, 0.4) is 0 Å². The summed E-state index contributed by atoms with van der Waals surface area (Å²) in [5.74, 6) is 0. The van der Waals surface area contributed by atoms with Crippen molar-refractivity contribution >= 4 is 10.9 Å². The van der Waals surface area contributed by atoms with Crippen molar-refractivity contribution in [3.63, 3.8) is 0 Å². The van der Waals surface area contributed by atoms with Crippen LogP contribution >= 0.6 is 0 Å². The van der Waals surface area contributed by atoms with E-state index in [4.69, 9.17) is 0 Å². The Hall–Kier alpha value is -2.43. The average Bonchev–Trinajstić information content (AvgIpc) is 2.53. The van der Waals surface area contributed by atoms with Gasteiger partial charge < -0.3 is 0 Å². The van der Waals surface area contributed by atoms with E-state index in [9.17, 15) is 13.2 Å². The van der Waals surface area contributed by atoms with Gasteiger partial charge in [-0.1, -0.05) is 50.2 Å². The van der Waals surface area contributed by atoms with E-state index in [1.165, 1.54) is 20.2 Å². The summed E-state index contributed by atoms with van der Waals surface area (Å²) >= 11 is 0. The highest BCUT2D eigenvalue weighted by Crippen LogP contribution is 2.40. The standard InChI is InChI=1S/C20H19F3N2/c1-13-6-4-5-7-15(13)18-16-9-8-14(10-17(16)24-12-25-18)11-19(2,3)20(21,22)23/h4-10,12H,11H2,1-3H3. The van der Waals surface area contributed by atoms with E-state index in [1.54, 1.807) is 12.1 Å². The van der Waals surface area contributed by atoms with Crippen molar-refractivity contribution in [1.29, 1.82) is 0 Å². The van der Waals surface area contributed by atoms with Gasteiger partial charge >= 0.3 is 6.18 Å². The summed E-state index contributed by atoms with van der Waals surface area (Å²) < 4.78 is 39.4. The van der Waals surface area contributed by atoms with Crippen LogP contribution < -0.4 is 0 Å². The van der Waals surface area contributed by atoms with Crippen molar-refractivity contribution in [3.05, 3.63) is 59.9 Å². The molecule has 5 heteroatoms. The zero-order valence-corrected chi connectivity index (χ0v) is 14.4. The highest BCUT2D eigenvalue weighted by Gasteiger charge is 2.46. The van der Waals surface area contributed by atoms with Crippen molar-refractivity contribution in [3.8, 4) is 11.3 Å². The number of hydrogen-bond acceptors (Lipinski definition) is 2. The van der Waals surface area contributed by atoms with Crippen LogP contribution in [0.4, 0.5) is 13.2 Å². The summed E-state index contributed by atoms with van der Waals surface area (Å²) in [5, 5.41) is 0.838. The molecule has 0 aliphatic carbocycles. The SMILES string of the molecule is Cc1ccccc1-c1ncnc2cc(CC(C)(C)C(F)(F)F)ccc12. The molecular formula is C20H19F3N2. The van der Waals surface area contributed by atoms with Crippen LogP contribution in [0.25, 0.3) is 22.2 Å². The predicted molar refractivity (Wildman–Crippen MR) is 93.3 cm³/mol. The first-order valence-electron chi connectivity index (χ1n) is 8.05. The Morgan fingerprint density at radius 3 is 2.36 bits per heavy atom. The highest BCUT2D eigenvalue weighted by atomic mass is 19.4. The molecule has 0 saturated heterocycles. The molecule has 0 saturated carbocycles. The summed E-state index contributed by atoms with van der Waals surface area (Å²) in [6.45, 7) is 4.44. The minimum atomic E-state index is -4.25. The zero-order valence-electron chi connectivity index (χ0n) is 14.4. The summed E-state index contributed by atoms with van der Waals surface area (Å²) in [4.78, 5) is 8.65. The Bertz CT molecular complexity index is 914. The molecule has 0 spiro atoms. The van der Waals surface area contributed by atoms with Crippen LogP contribution in [-0.4, -0.2) is 16.1 Å². The van der Waals surface area contributed by atoms with Gasteiger partial charge in [-0.15, -0.1) is 0 Å². The van der Waals surface area contributed by atoms with Gasteiger partial charge in [0.2, 0.25) is 0 Å². The van der Waals surface area contributed by atoms with Gasteiger partial charge in [0.05, 0.1) is 16.6 Å². The lowest BCUT2D eigenvalue weighted by Gasteiger charge is -2.27. The Labute approximate surface area is 144 Å². The molecule has 1 aromatic heterocycles. The lowest BCUT2D eigenvalue weighted by molar-refractivity contribution is -0.211. The third-order valence-electron chi connectivity index (χ3n) is 4.51. The van der Waals surface area contributed by atoms with Crippen LogP contribution in [0.15, 0.2) is 48.8 Å². The van der Waals surface area contributed by atoms with Gasteiger partial charge in [0.15, 0.2) is 0 Å². The number of alkyl halides is 3. The molecule has 1 heterocycles. The fourth-order valence-electron chi connectivity index (χ4n) is 2.88. The molecule has 0 amide bonds. The van der Waals surface area contributed by atoms with Gasteiger partial charge in [0.25, 0.3) is 0 Å². The van der Waals surface area contributed by atoms with Gasteiger partial charge in [0, 0.05) is 10.9 Å².